The third-order valence-electron chi connectivity index (χ3n) is 7.19. The number of nitrogens with one attached hydrogen (secondary N) is 2. The number of aryl methyl sites for hydroxylation is 1. The largest absolute Gasteiger partial charge is 0.493 e. The van der Waals surface area contributed by atoms with Crippen LogP contribution in [-0.2, 0) is 29.0 Å². The second kappa shape index (κ2) is 13.3. The van der Waals surface area contributed by atoms with Crippen molar-refractivity contribution < 1.29 is 23.9 Å². The highest BCUT2D eigenvalue weighted by atomic mass is 16.6. The van der Waals surface area contributed by atoms with Crippen LogP contribution in [0.15, 0.2) is 42.5 Å². The Kier molecular flexibility index (Phi) is 9.78. The molecule has 2 aromatic rings. The highest BCUT2D eigenvalue weighted by molar-refractivity contribution is 5.94. The Morgan fingerprint density at radius 1 is 1.05 bits per heavy atom. The number of anilines is 1. The summed E-state index contributed by atoms with van der Waals surface area (Å²) in [5, 5.41) is 6.05. The number of hydrogen-bond donors (Lipinski definition) is 2. The number of carbonyl (C=O) groups excluding carboxylic acids is 3. The molecule has 0 bridgehead atoms. The minimum Gasteiger partial charge on any atom is -0.493 e. The number of fused-ring (bicyclic) bond motifs is 1. The van der Waals surface area contributed by atoms with E-state index in [0.717, 1.165) is 34.5 Å². The summed E-state index contributed by atoms with van der Waals surface area (Å²) in [6, 6.07) is 13.6. The van der Waals surface area contributed by atoms with Gasteiger partial charge in [-0.05, 0) is 80.8 Å². The van der Waals surface area contributed by atoms with Crippen molar-refractivity contribution in [2.24, 2.45) is 5.92 Å². The molecule has 2 N–H and O–H groups in total. The third kappa shape index (κ3) is 8.87. The van der Waals surface area contributed by atoms with E-state index in [-0.39, 0.29) is 24.1 Å². The molecule has 0 saturated carbocycles. The number of nitrogens with zero attached hydrogens (tertiary/aromatic N) is 2. The molecule has 4 rings (SSSR count). The Morgan fingerprint density at radius 3 is 2.39 bits per heavy atom. The molecule has 0 unspecified atom stereocenters. The van der Waals surface area contributed by atoms with Crippen LogP contribution in [0.1, 0.15) is 70.6 Å². The summed E-state index contributed by atoms with van der Waals surface area (Å²) < 4.78 is 11.3. The molecule has 222 valence electrons. The van der Waals surface area contributed by atoms with E-state index in [1.807, 2.05) is 68.1 Å². The number of benzene rings is 2. The Bertz CT molecular complexity index is 1210. The molecule has 0 aliphatic carbocycles. The van der Waals surface area contributed by atoms with E-state index in [1.165, 1.54) is 0 Å². The molecule has 2 aliphatic rings. The average molecular weight is 565 g/mol. The number of likely N-dealkylation sites (tertiary alicyclic amines) is 1. The molecule has 2 aromatic carbocycles. The summed E-state index contributed by atoms with van der Waals surface area (Å²) >= 11 is 0. The first-order valence-electron chi connectivity index (χ1n) is 14.6. The number of rotatable bonds is 8. The average Bonchev–Trinajstić information content (AvgIpc) is 2.93. The van der Waals surface area contributed by atoms with Gasteiger partial charge < -0.3 is 29.9 Å². The smallest absolute Gasteiger partial charge is 0.410 e. The summed E-state index contributed by atoms with van der Waals surface area (Å²) in [4.78, 5) is 41.8. The van der Waals surface area contributed by atoms with E-state index in [4.69, 9.17) is 9.47 Å². The molecule has 1 fully saturated rings. The maximum atomic E-state index is 13.6. The molecule has 0 atom stereocenters. The molecule has 0 radical (unpaired) electrons. The normalized spacial score (nSPS) is 15.7. The molecule has 0 aromatic heterocycles. The fourth-order valence-electron chi connectivity index (χ4n) is 5.01. The van der Waals surface area contributed by atoms with Crippen molar-refractivity contribution in [2.75, 3.05) is 25.0 Å². The lowest BCUT2D eigenvalue weighted by atomic mass is 9.99. The van der Waals surface area contributed by atoms with Crippen molar-refractivity contribution in [1.82, 2.24) is 15.1 Å². The summed E-state index contributed by atoms with van der Waals surface area (Å²) in [7, 11) is 0. The van der Waals surface area contributed by atoms with Crippen LogP contribution < -0.4 is 15.4 Å². The van der Waals surface area contributed by atoms with Crippen LogP contribution in [0.5, 0.6) is 5.75 Å². The first kappa shape index (κ1) is 30.2. The summed E-state index contributed by atoms with van der Waals surface area (Å²) in [6.45, 7) is 12.3. The zero-order chi connectivity index (χ0) is 29.6. The molecule has 9 heteroatoms. The lowest BCUT2D eigenvalue weighted by Gasteiger charge is -2.39. The first-order chi connectivity index (χ1) is 19.5. The molecule has 0 spiro atoms. The highest BCUT2D eigenvalue weighted by Gasteiger charge is 2.32. The van der Waals surface area contributed by atoms with Gasteiger partial charge in [0.1, 0.15) is 11.4 Å². The van der Waals surface area contributed by atoms with E-state index in [2.05, 4.69) is 24.5 Å². The van der Waals surface area contributed by atoms with Gasteiger partial charge >= 0.3 is 12.1 Å². The SMILES string of the molecule is CC(C)COc1ccc(CNC(=O)N(Cc2ccc3c(c2)NC(=O)CC3)C2CCN(C(=O)OC(C)(C)C)CC2)cc1. The van der Waals surface area contributed by atoms with Crippen molar-refractivity contribution in [3.63, 3.8) is 0 Å². The quantitative estimate of drug-likeness (QED) is 0.427. The number of carbonyl (C=O) groups is 3. The predicted molar refractivity (Wildman–Crippen MR) is 159 cm³/mol. The summed E-state index contributed by atoms with van der Waals surface area (Å²) in [6.07, 6.45) is 2.18. The van der Waals surface area contributed by atoms with Crippen molar-refractivity contribution in [2.45, 2.75) is 85.0 Å². The number of ether oxygens (including phenoxy) is 2. The second-order valence-corrected chi connectivity index (χ2v) is 12.4. The van der Waals surface area contributed by atoms with Gasteiger partial charge in [0.25, 0.3) is 0 Å². The topological polar surface area (TPSA) is 100 Å². The molecule has 2 heterocycles. The van der Waals surface area contributed by atoms with Crippen molar-refractivity contribution in [3.05, 3.63) is 59.2 Å². The fraction of sp³-hybridized carbons (Fsp3) is 0.531. The van der Waals surface area contributed by atoms with Gasteiger partial charge in [-0.15, -0.1) is 0 Å². The maximum absolute atomic E-state index is 13.6. The first-order valence-corrected chi connectivity index (χ1v) is 14.6. The van der Waals surface area contributed by atoms with Crippen LogP contribution in [-0.4, -0.2) is 59.2 Å². The van der Waals surface area contributed by atoms with Crippen LogP contribution in [0.4, 0.5) is 15.3 Å². The van der Waals surface area contributed by atoms with Crippen molar-refractivity contribution >= 4 is 23.7 Å². The molecule has 1 saturated heterocycles. The lowest BCUT2D eigenvalue weighted by Crippen LogP contribution is -2.51. The molecular weight excluding hydrogens is 520 g/mol. The van der Waals surface area contributed by atoms with Gasteiger partial charge in [-0.2, -0.15) is 0 Å². The number of urea groups is 1. The number of piperidine rings is 1. The van der Waals surface area contributed by atoms with Crippen LogP contribution in [0.2, 0.25) is 0 Å². The number of amides is 4. The van der Waals surface area contributed by atoms with Gasteiger partial charge in [-0.1, -0.05) is 38.1 Å². The number of hydrogen-bond acceptors (Lipinski definition) is 5. The van der Waals surface area contributed by atoms with Gasteiger partial charge in [0.05, 0.1) is 6.61 Å². The summed E-state index contributed by atoms with van der Waals surface area (Å²) in [5.41, 5.74) is 3.30. The van der Waals surface area contributed by atoms with Crippen molar-refractivity contribution in [1.29, 1.82) is 0 Å². The molecule has 9 nitrogen and oxygen atoms in total. The third-order valence-corrected chi connectivity index (χ3v) is 7.19. The zero-order valence-electron chi connectivity index (χ0n) is 25.0. The second-order valence-electron chi connectivity index (χ2n) is 12.4. The van der Waals surface area contributed by atoms with Crippen LogP contribution in [0.25, 0.3) is 0 Å². The van der Waals surface area contributed by atoms with E-state index in [1.54, 1.807) is 4.90 Å². The predicted octanol–water partition coefficient (Wildman–Crippen LogP) is 5.72. The molecule has 4 amide bonds. The van der Waals surface area contributed by atoms with E-state index < -0.39 is 5.60 Å². The van der Waals surface area contributed by atoms with E-state index in [9.17, 15) is 14.4 Å². The van der Waals surface area contributed by atoms with Gasteiger partial charge in [0.2, 0.25) is 5.91 Å². The summed E-state index contributed by atoms with van der Waals surface area (Å²) in [5.74, 6) is 1.27. The van der Waals surface area contributed by atoms with E-state index >= 15 is 0 Å². The van der Waals surface area contributed by atoms with Gasteiger partial charge in [-0.25, -0.2) is 9.59 Å². The van der Waals surface area contributed by atoms with Gasteiger partial charge in [-0.3, -0.25) is 4.79 Å². The fourth-order valence-corrected chi connectivity index (χ4v) is 5.01. The van der Waals surface area contributed by atoms with Crippen LogP contribution >= 0.6 is 0 Å². The Labute approximate surface area is 243 Å². The van der Waals surface area contributed by atoms with Gasteiger partial charge in [0, 0.05) is 44.3 Å². The van der Waals surface area contributed by atoms with Crippen LogP contribution in [0, 0.1) is 5.92 Å². The van der Waals surface area contributed by atoms with Gasteiger partial charge in [0.15, 0.2) is 0 Å². The monoisotopic (exact) mass is 564 g/mol. The Balaban J connectivity index is 1.43. The zero-order valence-corrected chi connectivity index (χ0v) is 25.0. The van der Waals surface area contributed by atoms with E-state index in [0.29, 0.717) is 58.0 Å². The lowest BCUT2D eigenvalue weighted by molar-refractivity contribution is -0.116. The Morgan fingerprint density at radius 2 is 1.73 bits per heavy atom. The molecule has 2 aliphatic heterocycles. The maximum Gasteiger partial charge on any atom is 0.410 e. The van der Waals surface area contributed by atoms with Crippen molar-refractivity contribution in [3.8, 4) is 5.75 Å². The highest BCUT2D eigenvalue weighted by Crippen LogP contribution is 2.26. The minimum absolute atomic E-state index is 0.0133. The Hall–Kier alpha value is -3.75. The molecular formula is C32H44N4O5. The van der Waals surface area contributed by atoms with Crippen LogP contribution in [0.3, 0.4) is 0 Å². The molecule has 41 heavy (non-hydrogen) atoms. The standard InChI is InChI=1S/C32H44N4O5/c1-22(2)21-40-27-11-7-23(8-12-27)19-33-30(38)36(20-24-6-9-25-10-13-29(37)34-28(25)18-24)26-14-16-35(17-15-26)31(39)41-32(3,4)5/h6-9,11-12,18,22,26H,10,13-17,19-21H2,1-5H3,(H,33,38)(H,34,37). The minimum atomic E-state index is -0.555.